The van der Waals surface area contributed by atoms with E-state index in [-0.39, 0.29) is 23.0 Å². The number of hydrogen-bond acceptors (Lipinski definition) is 7. The third-order valence-corrected chi connectivity index (χ3v) is 1.68. The molecule has 16 heavy (non-hydrogen) atoms. The lowest BCUT2D eigenvalue weighted by atomic mass is 10.4. The molecule has 0 aliphatic heterocycles. The fraction of sp³-hybridized carbons (Fsp3) is 0.125. The molecule has 0 aliphatic carbocycles. The molecule has 2 rings (SSSR count). The molecule has 2 aromatic heterocycles. The minimum absolute atomic E-state index is 0.0247. The number of carbonyl (C=O) groups excluding carboxylic acids is 1. The summed E-state index contributed by atoms with van der Waals surface area (Å²) in [4.78, 5) is 21.8. The summed E-state index contributed by atoms with van der Waals surface area (Å²) in [6, 6.07) is 2.65. The fourth-order valence-electron chi connectivity index (χ4n) is 0.960. The van der Waals surface area contributed by atoms with Gasteiger partial charge in [-0.15, -0.1) is 10.2 Å². The number of ether oxygens (including phenoxy) is 1. The van der Waals surface area contributed by atoms with E-state index in [1.165, 1.54) is 19.2 Å². The Morgan fingerprint density at radius 3 is 2.88 bits per heavy atom. The number of carbonyl (C=O) groups is 1. The van der Waals surface area contributed by atoms with Gasteiger partial charge in [-0.25, -0.2) is 9.89 Å². The van der Waals surface area contributed by atoms with Crippen LogP contribution < -0.4 is 5.56 Å². The highest BCUT2D eigenvalue weighted by atomic mass is 16.5. The second-order valence-corrected chi connectivity index (χ2v) is 2.71. The SMILES string of the molecule is COC(=O)c1nnc(-c2ccc(=O)[nH]n2)o1. The van der Waals surface area contributed by atoms with Crippen molar-refractivity contribution in [1.82, 2.24) is 20.4 Å². The maximum Gasteiger partial charge on any atom is 0.396 e. The molecular weight excluding hydrogens is 216 g/mol. The predicted molar refractivity (Wildman–Crippen MR) is 49.5 cm³/mol. The third-order valence-electron chi connectivity index (χ3n) is 1.68. The van der Waals surface area contributed by atoms with Crippen molar-refractivity contribution in [2.24, 2.45) is 0 Å². The molecule has 1 N–H and O–H groups in total. The molecule has 0 radical (unpaired) electrons. The number of H-pyrrole nitrogens is 1. The Morgan fingerprint density at radius 2 is 2.25 bits per heavy atom. The molecule has 0 bridgehead atoms. The first kappa shape index (κ1) is 10.0. The predicted octanol–water partition coefficient (Wildman–Crippen LogP) is -0.394. The van der Waals surface area contributed by atoms with Crippen molar-refractivity contribution in [1.29, 1.82) is 0 Å². The highest BCUT2D eigenvalue weighted by Gasteiger charge is 2.16. The smallest absolute Gasteiger partial charge is 0.396 e. The van der Waals surface area contributed by atoms with Crippen LogP contribution in [0.3, 0.4) is 0 Å². The molecule has 0 saturated carbocycles. The lowest BCUT2D eigenvalue weighted by molar-refractivity contribution is 0.0556. The van der Waals surface area contributed by atoms with Crippen LogP contribution in [-0.4, -0.2) is 33.5 Å². The van der Waals surface area contributed by atoms with Gasteiger partial charge in [-0.1, -0.05) is 0 Å². The van der Waals surface area contributed by atoms with Crippen LogP contribution in [0.5, 0.6) is 0 Å². The van der Waals surface area contributed by atoms with Gasteiger partial charge in [0.2, 0.25) is 0 Å². The number of hydrogen-bond donors (Lipinski definition) is 1. The normalized spacial score (nSPS) is 10.1. The van der Waals surface area contributed by atoms with Crippen LogP contribution in [-0.2, 0) is 4.74 Å². The van der Waals surface area contributed by atoms with Gasteiger partial charge in [0.05, 0.1) is 7.11 Å². The minimum Gasteiger partial charge on any atom is -0.462 e. The Morgan fingerprint density at radius 1 is 1.44 bits per heavy atom. The van der Waals surface area contributed by atoms with E-state index in [4.69, 9.17) is 4.42 Å². The lowest BCUT2D eigenvalue weighted by Crippen LogP contribution is -2.05. The molecule has 0 fully saturated rings. The summed E-state index contributed by atoms with van der Waals surface area (Å²) in [5.41, 5.74) is -0.0845. The molecule has 2 aromatic rings. The average molecular weight is 222 g/mol. The van der Waals surface area contributed by atoms with Gasteiger partial charge in [0, 0.05) is 6.07 Å². The van der Waals surface area contributed by atoms with Crippen molar-refractivity contribution < 1.29 is 13.9 Å². The van der Waals surface area contributed by atoms with Gasteiger partial charge in [-0.05, 0) is 6.07 Å². The van der Waals surface area contributed by atoms with E-state index in [2.05, 4.69) is 25.1 Å². The molecule has 0 amide bonds. The Bertz CT molecular complexity index is 553. The molecule has 0 unspecified atom stereocenters. The third kappa shape index (κ3) is 1.80. The zero-order valence-electron chi connectivity index (χ0n) is 8.13. The molecule has 0 spiro atoms. The molecule has 8 nitrogen and oxygen atoms in total. The number of nitrogens with one attached hydrogen (secondary N) is 1. The Kier molecular flexibility index (Phi) is 2.46. The van der Waals surface area contributed by atoms with Crippen LogP contribution >= 0.6 is 0 Å². The average Bonchev–Trinajstić information content (AvgIpc) is 2.78. The zero-order valence-corrected chi connectivity index (χ0v) is 8.13. The summed E-state index contributed by atoms with van der Waals surface area (Å²) in [5.74, 6) is -0.981. The standard InChI is InChI=1S/C8H6N4O4/c1-15-8(14)7-12-11-6(16-7)4-2-3-5(13)10-9-4/h2-3H,1H3,(H,10,13). The maximum absolute atomic E-state index is 11.0. The van der Waals surface area contributed by atoms with E-state index in [9.17, 15) is 9.59 Å². The topological polar surface area (TPSA) is 111 Å². The second kappa shape index (κ2) is 3.93. The number of nitrogens with zero attached hydrogens (tertiary/aromatic N) is 3. The van der Waals surface area contributed by atoms with Crippen molar-refractivity contribution in [3.63, 3.8) is 0 Å². The number of aromatic nitrogens is 4. The van der Waals surface area contributed by atoms with Crippen LogP contribution in [0.2, 0.25) is 0 Å². The van der Waals surface area contributed by atoms with Gasteiger partial charge in [0.1, 0.15) is 5.69 Å². The monoisotopic (exact) mass is 222 g/mol. The van der Waals surface area contributed by atoms with Crippen molar-refractivity contribution >= 4 is 5.97 Å². The van der Waals surface area contributed by atoms with Gasteiger partial charge in [-0.2, -0.15) is 5.10 Å². The van der Waals surface area contributed by atoms with E-state index >= 15 is 0 Å². The first-order valence-corrected chi connectivity index (χ1v) is 4.18. The Balaban J connectivity index is 2.35. The molecule has 0 aliphatic rings. The number of aromatic amines is 1. The van der Waals surface area contributed by atoms with Crippen LogP contribution in [0.25, 0.3) is 11.6 Å². The van der Waals surface area contributed by atoms with E-state index in [0.29, 0.717) is 0 Å². The van der Waals surface area contributed by atoms with E-state index < -0.39 is 5.97 Å². The largest absolute Gasteiger partial charge is 0.462 e. The summed E-state index contributed by atoms with van der Waals surface area (Å²) in [7, 11) is 1.20. The van der Waals surface area contributed by atoms with Crippen molar-refractivity contribution in [3.05, 3.63) is 28.4 Å². The van der Waals surface area contributed by atoms with Crippen molar-refractivity contribution in [2.45, 2.75) is 0 Å². The Labute approximate surface area is 88.3 Å². The highest BCUT2D eigenvalue weighted by molar-refractivity contribution is 5.84. The molecule has 82 valence electrons. The summed E-state index contributed by atoms with van der Waals surface area (Å²) < 4.78 is 9.37. The maximum atomic E-state index is 11.0. The van der Waals surface area contributed by atoms with E-state index in [0.717, 1.165) is 0 Å². The lowest BCUT2D eigenvalue weighted by Gasteiger charge is -1.91. The summed E-state index contributed by atoms with van der Waals surface area (Å²) in [6.07, 6.45) is 0. The molecule has 0 saturated heterocycles. The quantitative estimate of drug-likeness (QED) is 0.688. The molecular formula is C8H6N4O4. The van der Waals surface area contributed by atoms with Gasteiger partial charge >= 0.3 is 11.9 Å². The summed E-state index contributed by atoms with van der Waals surface area (Å²) in [6.45, 7) is 0. The molecule has 8 heteroatoms. The van der Waals surface area contributed by atoms with Gasteiger partial charge < -0.3 is 9.15 Å². The van der Waals surface area contributed by atoms with Gasteiger partial charge in [-0.3, -0.25) is 4.79 Å². The van der Waals surface area contributed by atoms with Crippen LogP contribution in [0.4, 0.5) is 0 Å². The molecule has 0 aromatic carbocycles. The summed E-state index contributed by atoms with van der Waals surface area (Å²) >= 11 is 0. The number of esters is 1. The van der Waals surface area contributed by atoms with Gasteiger partial charge in [0.15, 0.2) is 0 Å². The van der Waals surface area contributed by atoms with Crippen LogP contribution in [0.15, 0.2) is 21.3 Å². The first-order chi connectivity index (χ1) is 7.70. The van der Waals surface area contributed by atoms with E-state index in [1.54, 1.807) is 0 Å². The van der Waals surface area contributed by atoms with E-state index in [1.807, 2.05) is 0 Å². The number of rotatable bonds is 2. The fourth-order valence-corrected chi connectivity index (χ4v) is 0.960. The molecule has 0 atom stereocenters. The molecule has 2 heterocycles. The number of methoxy groups -OCH3 is 1. The summed E-state index contributed by atoms with van der Waals surface area (Å²) in [5, 5.41) is 12.9. The first-order valence-electron chi connectivity index (χ1n) is 4.18. The van der Waals surface area contributed by atoms with Crippen LogP contribution in [0, 0.1) is 0 Å². The van der Waals surface area contributed by atoms with Gasteiger partial charge in [0.25, 0.3) is 11.4 Å². The van der Waals surface area contributed by atoms with Crippen LogP contribution in [0.1, 0.15) is 10.7 Å². The zero-order chi connectivity index (χ0) is 11.5. The Hall–Kier alpha value is -2.51. The van der Waals surface area contributed by atoms with Crippen molar-refractivity contribution in [3.8, 4) is 11.6 Å². The highest BCUT2D eigenvalue weighted by Crippen LogP contribution is 2.12. The minimum atomic E-state index is -0.733. The second-order valence-electron chi connectivity index (χ2n) is 2.71. The van der Waals surface area contributed by atoms with Crippen molar-refractivity contribution in [2.75, 3.05) is 7.11 Å².